The van der Waals surface area contributed by atoms with Gasteiger partial charge in [0.25, 0.3) is 0 Å². The standard InChI is InChI=1S/C17H21Cl2NO/c1-12(18)9-20(10-13(2)19)11-16-15-6-4-3-5-14(15)7-8-17(16)21/h3-8,12-13,21H,9-11H2,1-2H3. The van der Waals surface area contributed by atoms with Crippen LogP contribution in [0.25, 0.3) is 10.8 Å². The van der Waals surface area contributed by atoms with Gasteiger partial charge in [0.1, 0.15) is 5.75 Å². The molecular weight excluding hydrogens is 305 g/mol. The minimum atomic E-state index is 0.0394. The smallest absolute Gasteiger partial charge is 0.120 e. The zero-order valence-electron chi connectivity index (χ0n) is 12.4. The van der Waals surface area contributed by atoms with Gasteiger partial charge in [-0.05, 0) is 30.7 Å². The molecule has 2 rings (SSSR count). The molecule has 0 heterocycles. The Bertz CT molecular complexity index is 588. The molecule has 21 heavy (non-hydrogen) atoms. The maximum absolute atomic E-state index is 10.2. The summed E-state index contributed by atoms with van der Waals surface area (Å²) >= 11 is 12.3. The van der Waals surface area contributed by atoms with Crippen molar-refractivity contribution in [2.24, 2.45) is 0 Å². The third kappa shape index (κ3) is 4.50. The van der Waals surface area contributed by atoms with E-state index < -0.39 is 0 Å². The number of hydrogen-bond donors (Lipinski definition) is 1. The molecule has 2 aromatic rings. The summed E-state index contributed by atoms with van der Waals surface area (Å²) in [4.78, 5) is 2.19. The first-order valence-corrected chi connectivity index (χ1v) is 8.04. The topological polar surface area (TPSA) is 23.5 Å². The Labute approximate surface area is 136 Å². The van der Waals surface area contributed by atoms with Gasteiger partial charge in [-0.3, -0.25) is 4.90 Å². The van der Waals surface area contributed by atoms with E-state index in [-0.39, 0.29) is 10.8 Å². The van der Waals surface area contributed by atoms with Crippen molar-refractivity contribution in [3.05, 3.63) is 42.0 Å². The van der Waals surface area contributed by atoms with Crippen LogP contribution in [0.3, 0.4) is 0 Å². The van der Waals surface area contributed by atoms with Crippen LogP contribution in [0.4, 0.5) is 0 Å². The van der Waals surface area contributed by atoms with Crippen LogP contribution in [-0.2, 0) is 6.54 Å². The fourth-order valence-corrected chi connectivity index (χ4v) is 3.02. The lowest BCUT2D eigenvalue weighted by Crippen LogP contribution is -2.33. The molecule has 0 fully saturated rings. The summed E-state index contributed by atoms with van der Waals surface area (Å²) in [6.07, 6.45) is 0. The van der Waals surface area contributed by atoms with Crippen LogP contribution in [-0.4, -0.2) is 33.9 Å². The molecule has 0 spiro atoms. The number of halogens is 2. The molecule has 0 radical (unpaired) electrons. The molecule has 0 aliphatic heterocycles. The predicted octanol–water partition coefficient (Wildman–Crippen LogP) is 4.60. The van der Waals surface area contributed by atoms with E-state index in [1.165, 1.54) is 0 Å². The Morgan fingerprint density at radius 3 is 2.24 bits per heavy atom. The van der Waals surface area contributed by atoms with Crippen molar-refractivity contribution in [3.8, 4) is 5.75 Å². The van der Waals surface area contributed by atoms with Crippen molar-refractivity contribution in [3.63, 3.8) is 0 Å². The minimum Gasteiger partial charge on any atom is -0.508 e. The van der Waals surface area contributed by atoms with E-state index in [1.807, 2.05) is 38.1 Å². The van der Waals surface area contributed by atoms with E-state index in [0.717, 1.165) is 29.4 Å². The highest BCUT2D eigenvalue weighted by molar-refractivity contribution is 6.21. The molecule has 0 amide bonds. The van der Waals surface area contributed by atoms with E-state index in [2.05, 4.69) is 11.0 Å². The molecular formula is C17H21Cl2NO. The Kier molecular flexibility index (Phi) is 5.74. The number of benzene rings is 2. The Balaban J connectivity index is 2.33. The molecule has 0 aliphatic carbocycles. The molecule has 2 unspecified atom stereocenters. The largest absolute Gasteiger partial charge is 0.508 e. The van der Waals surface area contributed by atoms with Crippen LogP contribution >= 0.6 is 23.2 Å². The van der Waals surface area contributed by atoms with Crippen molar-refractivity contribution >= 4 is 34.0 Å². The monoisotopic (exact) mass is 325 g/mol. The SMILES string of the molecule is CC(Cl)CN(Cc1c(O)ccc2ccccc12)CC(C)Cl. The van der Waals surface area contributed by atoms with Gasteiger partial charge in [-0.25, -0.2) is 0 Å². The van der Waals surface area contributed by atoms with Crippen molar-refractivity contribution in [1.29, 1.82) is 0 Å². The summed E-state index contributed by atoms with van der Waals surface area (Å²) in [6.45, 7) is 6.05. The quantitative estimate of drug-likeness (QED) is 0.784. The normalized spacial score (nSPS) is 14.5. The molecule has 0 bridgehead atoms. The number of hydrogen-bond acceptors (Lipinski definition) is 2. The first-order valence-electron chi connectivity index (χ1n) is 7.17. The molecule has 1 N–H and O–H groups in total. The van der Waals surface area contributed by atoms with Crippen LogP contribution in [0.2, 0.25) is 0 Å². The van der Waals surface area contributed by atoms with Crippen molar-refractivity contribution in [2.45, 2.75) is 31.1 Å². The minimum absolute atomic E-state index is 0.0394. The van der Waals surface area contributed by atoms with Gasteiger partial charge in [0.05, 0.1) is 0 Å². The highest BCUT2D eigenvalue weighted by atomic mass is 35.5. The second kappa shape index (κ2) is 7.35. The highest BCUT2D eigenvalue weighted by Crippen LogP contribution is 2.28. The second-order valence-corrected chi connectivity index (χ2v) is 7.03. The van der Waals surface area contributed by atoms with Gasteiger partial charge < -0.3 is 5.11 Å². The van der Waals surface area contributed by atoms with Crippen LogP contribution in [0.15, 0.2) is 36.4 Å². The molecule has 2 aromatic carbocycles. The van der Waals surface area contributed by atoms with Gasteiger partial charge in [0.15, 0.2) is 0 Å². The van der Waals surface area contributed by atoms with Gasteiger partial charge in [-0.1, -0.05) is 30.3 Å². The number of aromatic hydroxyl groups is 1. The Morgan fingerprint density at radius 1 is 1.00 bits per heavy atom. The first-order chi connectivity index (χ1) is 9.97. The molecule has 0 aromatic heterocycles. The Morgan fingerprint density at radius 2 is 1.62 bits per heavy atom. The van der Waals surface area contributed by atoms with Gasteiger partial charge in [-0.2, -0.15) is 0 Å². The maximum atomic E-state index is 10.2. The average Bonchev–Trinajstić information content (AvgIpc) is 2.40. The molecule has 2 nitrogen and oxygen atoms in total. The van der Waals surface area contributed by atoms with Crippen LogP contribution < -0.4 is 0 Å². The summed E-state index contributed by atoms with van der Waals surface area (Å²) in [5.74, 6) is 0.322. The highest BCUT2D eigenvalue weighted by Gasteiger charge is 2.15. The molecule has 114 valence electrons. The van der Waals surface area contributed by atoms with Crippen LogP contribution in [0, 0.1) is 0 Å². The summed E-state index contributed by atoms with van der Waals surface area (Å²) in [7, 11) is 0. The number of phenols is 1. The third-order valence-electron chi connectivity index (χ3n) is 3.42. The summed E-state index contributed by atoms with van der Waals surface area (Å²) in [6, 6.07) is 11.8. The van der Waals surface area contributed by atoms with E-state index >= 15 is 0 Å². The first kappa shape index (κ1) is 16.4. The molecule has 0 saturated carbocycles. The number of rotatable bonds is 6. The van der Waals surface area contributed by atoms with E-state index in [9.17, 15) is 5.11 Å². The van der Waals surface area contributed by atoms with Crippen molar-refractivity contribution < 1.29 is 5.11 Å². The summed E-state index contributed by atoms with van der Waals surface area (Å²) < 4.78 is 0. The van der Waals surface area contributed by atoms with Gasteiger partial charge >= 0.3 is 0 Å². The van der Waals surface area contributed by atoms with Crippen LogP contribution in [0.5, 0.6) is 5.75 Å². The fraction of sp³-hybridized carbons (Fsp3) is 0.412. The van der Waals surface area contributed by atoms with Gasteiger partial charge in [0.2, 0.25) is 0 Å². The number of fused-ring (bicyclic) bond motifs is 1. The number of phenolic OH excluding ortho intramolecular Hbond substituents is 1. The van der Waals surface area contributed by atoms with E-state index in [1.54, 1.807) is 6.07 Å². The maximum Gasteiger partial charge on any atom is 0.120 e. The lowest BCUT2D eigenvalue weighted by molar-refractivity contribution is 0.267. The summed E-state index contributed by atoms with van der Waals surface area (Å²) in [5, 5.41) is 12.5. The number of alkyl halides is 2. The van der Waals surface area contributed by atoms with Crippen molar-refractivity contribution in [2.75, 3.05) is 13.1 Å². The van der Waals surface area contributed by atoms with Crippen molar-refractivity contribution in [1.82, 2.24) is 4.90 Å². The van der Waals surface area contributed by atoms with E-state index in [0.29, 0.717) is 12.3 Å². The lowest BCUT2D eigenvalue weighted by Gasteiger charge is -2.25. The zero-order chi connectivity index (χ0) is 15.4. The third-order valence-corrected chi connectivity index (χ3v) is 3.69. The molecule has 4 heteroatoms. The predicted molar refractivity (Wildman–Crippen MR) is 91.5 cm³/mol. The average molecular weight is 326 g/mol. The molecule has 0 aliphatic rings. The molecule has 0 saturated heterocycles. The van der Waals surface area contributed by atoms with Gasteiger partial charge in [0, 0.05) is 36.0 Å². The molecule has 2 atom stereocenters. The zero-order valence-corrected chi connectivity index (χ0v) is 13.9. The number of nitrogens with zero attached hydrogens (tertiary/aromatic N) is 1. The lowest BCUT2D eigenvalue weighted by atomic mass is 10.0. The Hall–Kier alpha value is -0.960. The van der Waals surface area contributed by atoms with Crippen LogP contribution in [0.1, 0.15) is 19.4 Å². The fourth-order valence-electron chi connectivity index (χ4n) is 2.63. The second-order valence-electron chi connectivity index (χ2n) is 5.54. The summed E-state index contributed by atoms with van der Waals surface area (Å²) in [5.41, 5.74) is 0.933. The van der Waals surface area contributed by atoms with E-state index in [4.69, 9.17) is 23.2 Å². The van der Waals surface area contributed by atoms with Gasteiger partial charge in [-0.15, -0.1) is 23.2 Å².